The summed E-state index contributed by atoms with van der Waals surface area (Å²) in [5.74, 6) is -0.320. The first kappa shape index (κ1) is 18.7. The Morgan fingerprint density at radius 2 is 1.48 bits per heavy atom. The van der Waals surface area contributed by atoms with Crippen LogP contribution in [0.2, 0.25) is 0 Å². The van der Waals surface area contributed by atoms with Crippen LogP contribution < -0.4 is 0 Å². The first-order chi connectivity index (χ1) is 13.9. The summed E-state index contributed by atoms with van der Waals surface area (Å²) in [7, 11) is 0. The summed E-state index contributed by atoms with van der Waals surface area (Å²) < 4.78 is 41.3. The lowest BCUT2D eigenvalue weighted by Crippen LogP contribution is -2.12. The van der Waals surface area contributed by atoms with Gasteiger partial charge in [0, 0.05) is 16.8 Å². The van der Waals surface area contributed by atoms with Crippen molar-refractivity contribution >= 4 is 5.78 Å². The van der Waals surface area contributed by atoms with E-state index in [1.165, 1.54) is 22.9 Å². The van der Waals surface area contributed by atoms with Crippen molar-refractivity contribution in [3.8, 4) is 16.9 Å². The minimum Gasteiger partial charge on any atom is -0.290 e. The first-order valence-corrected chi connectivity index (χ1v) is 8.86. The average molecular weight is 392 g/mol. The monoisotopic (exact) mass is 392 g/mol. The maximum absolute atomic E-state index is 13.3. The Morgan fingerprint density at radius 1 is 0.828 bits per heavy atom. The molecule has 1 heterocycles. The van der Waals surface area contributed by atoms with Crippen LogP contribution in [0, 0.1) is 0 Å². The fraction of sp³-hybridized carbons (Fsp3) is 0.0435. The van der Waals surface area contributed by atoms with Gasteiger partial charge in [0.2, 0.25) is 5.78 Å². The highest BCUT2D eigenvalue weighted by Crippen LogP contribution is 2.32. The Balaban J connectivity index is 1.93. The maximum Gasteiger partial charge on any atom is 0.416 e. The van der Waals surface area contributed by atoms with Gasteiger partial charge < -0.3 is 0 Å². The van der Waals surface area contributed by atoms with Crippen LogP contribution >= 0.6 is 0 Å². The molecule has 0 unspecified atom stereocenters. The van der Waals surface area contributed by atoms with Crippen LogP contribution in [0.15, 0.2) is 91.1 Å². The zero-order valence-corrected chi connectivity index (χ0v) is 15.1. The number of imidazole rings is 1. The Kier molecular flexibility index (Phi) is 4.76. The van der Waals surface area contributed by atoms with Gasteiger partial charge in [-0.15, -0.1) is 0 Å². The molecule has 0 radical (unpaired) electrons. The lowest BCUT2D eigenvalue weighted by Gasteiger charge is -2.14. The number of benzene rings is 3. The van der Waals surface area contributed by atoms with E-state index >= 15 is 0 Å². The van der Waals surface area contributed by atoms with Crippen molar-refractivity contribution < 1.29 is 18.0 Å². The molecule has 1 aromatic heterocycles. The van der Waals surface area contributed by atoms with Crippen molar-refractivity contribution in [2.75, 3.05) is 0 Å². The number of aromatic nitrogens is 2. The number of alkyl halides is 3. The van der Waals surface area contributed by atoms with Gasteiger partial charge in [-0.1, -0.05) is 66.7 Å². The Bertz CT molecular complexity index is 1150. The van der Waals surface area contributed by atoms with E-state index in [-0.39, 0.29) is 17.3 Å². The molecule has 0 atom stereocenters. The Labute approximate surface area is 165 Å². The minimum absolute atomic E-state index is 0.0503. The van der Waals surface area contributed by atoms with E-state index in [4.69, 9.17) is 0 Å². The summed E-state index contributed by atoms with van der Waals surface area (Å²) >= 11 is 0. The van der Waals surface area contributed by atoms with Crippen molar-refractivity contribution in [3.05, 3.63) is 108 Å². The van der Waals surface area contributed by atoms with Crippen LogP contribution in [0.1, 0.15) is 21.7 Å². The van der Waals surface area contributed by atoms with Crippen LogP contribution in [-0.4, -0.2) is 15.3 Å². The Morgan fingerprint density at radius 3 is 2.14 bits per heavy atom. The predicted octanol–water partition coefficient (Wildman–Crippen LogP) is 5.79. The second-order valence-electron chi connectivity index (χ2n) is 6.41. The van der Waals surface area contributed by atoms with E-state index in [1.807, 2.05) is 30.3 Å². The predicted molar refractivity (Wildman–Crippen MR) is 104 cm³/mol. The van der Waals surface area contributed by atoms with Crippen molar-refractivity contribution in [2.24, 2.45) is 0 Å². The van der Waals surface area contributed by atoms with E-state index in [9.17, 15) is 18.0 Å². The molecule has 3 nitrogen and oxygen atoms in total. The molecule has 3 aromatic carbocycles. The smallest absolute Gasteiger partial charge is 0.290 e. The molecule has 6 heteroatoms. The average Bonchev–Trinajstić information content (AvgIpc) is 3.19. The Hall–Kier alpha value is -3.67. The van der Waals surface area contributed by atoms with E-state index in [0.29, 0.717) is 11.3 Å². The zero-order valence-electron chi connectivity index (χ0n) is 15.1. The fourth-order valence-electron chi connectivity index (χ4n) is 3.13. The van der Waals surface area contributed by atoms with Gasteiger partial charge in [-0.3, -0.25) is 9.36 Å². The van der Waals surface area contributed by atoms with Crippen LogP contribution in [-0.2, 0) is 6.18 Å². The van der Waals surface area contributed by atoms with Crippen LogP contribution in [0.25, 0.3) is 16.9 Å². The molecule has 0 aliphatic heterocycles. The number of rotatable bonds is 4. The van der Waals surface area contributed by atoms with Crippen molar-refractivity contribution in [2.45, 2.75) is 6.18 Å². The number of ketones is 1. The van der Waals surface area contributed by atoms with E-state index in [1.54, 1.807) is 30.3 Å². The van der Waals surface area contributed by atoms with Gasteiger partial charge in [-0.2, -0.15) is 13.2 Å². The summed E-state index contributed by atoms with van der Waals surface area (Å²) in [6, 6.07) is 22.5. The second-order valence-corrected chi connectivity index (χ2v) is 6.41. The maximum atomic E-state index is 13.3. The highest BCUT2D eigenvalue weighted by Gasteiger charge is 2.31. The molecule has 0 fully saturated rings. The summed E-state index contributed by atoms with van der Waals surface area (Å²) in [5.41, 5.74) is 1.11. The molecule has 0 aliphatic carbocycles. The summed E-state index contributed by atoms with van der Waals surface area (Å²) in [4.78, 5) is 17.3. The van der Waals surface area contributed by atoms with Crippen LogP contribution in [0.4, 0.5) is 13.2 Å². The highest BCUT2D eigenvalue weighted by molar-refractivity contribution is 6.07. The lowest BCUT2D eigenvalue weighted by molar-refractivity contribution is -0.137. The van der Waals surface area contributed by atoms with Crippen LogP contribution in [0.5, 0.6) is 0 Å². The molecule has 0 bridgehead atoms. The van der Waals surface area contributed by atoms with E-state index in [2.05, 4.69) is 4.98 Å². The highest BCUT2D eigenvalue weighted by atomic mass is 19.4. The second kappa shape index (κ2) is 7.39. The molecule has 0 N–H and O–H groups in total. The third kappa shape index (κ3) is 3.69. The standard InChI is InChI=1S/C23H15F3N2O/c24-23(25,26)18-12-7-13-19(14-18)28-20(16-8-3-1-4-9-16)15-27-22(28)21(29)17-10-5-2-6-11-17/h1-15H. The summed E-state index contributed by atoms with van der Waals surface area (Å²) in [6.45, 7) is 0. The molecule has 0 amide bonds. The van der Waals surface area contributed by atoms with Gasteiger partial charge in [0.05, 0.1) is 17.5 Å². The summed E-state index contributed by atoms with van der Waals surface area (Å²) in [6.07, 6.45) is -2.99. The molecule has 4 aromatic rings. The van der Waals surface area contributed by atoms with Gasteiger partial charge >= 0.3 is 6.18 Å². The SMILES string of the molecule is O=C(c1ccccc1)c1ncc(-c2ccccc2)n1-c1cccc(C(F)(F)F)c1. The number of carbonyl (C=O) groups excluding carboxylic acids is 1. The number of hydrogen-bond donors (Lipinski definition) is 0. The van der Waals surface area contributed by atoms with Crippen molar-refractivity contribution in [3.63, 3.8) is 0 Å². The molecule has 29 heavy (non-hydrogen) atoms. The van der Waals surface area contributed by atoms with Gasteiger partial charge in [0.1, 0.15) is 0 Å². The number of carbonyl (C=O) groups is 1. The normalized spacial score (nSPS) is 11.4. The molecule has 144 valence electrons. The lowest BCUT2D eigenvalue weighted by atomic mass is 10.1. The molecular formula is C23H15F3N2O. The largest absolute Gasteiger partial charge is 0.416 e. The third-order valence-corrected chi connectivity index (χ3v) is 4.50. The molecule has 0 aliphatic rings. The third-order valence-electron chi connectivity index (χ3n) is 4.50. The van der Waals surface area contributed by atoms with Crippen LogP contribution in [0.3, 0.4) is 0 Å². The van der Waals surface area contributed by atoms with Gasteiger partial charge in [0.25, 0.3) is 0 Å². The van der Waals surface area contributed by atoms with Gasteiger partial charge in [0.15, 0.2) is 5.82 Å². The number of hydrogen-bond acceptors (Lipinski definition) is 2. The van der Waals surface area contributed by atoms with Crippen molar-refractivity contribution in [1.82, 2.24) is 9.55 Å². The minimum atomic E-state index is -4.49. The number of halogens is 3. The fourth-order valence-corrected chi connectivity index (χ4v) is 3.13. The van der Waals surface area contributed by atoms with E-state index in [0.717, 1.165) is 17.7 Å². The summed E-state index contributed by atoms with van der Waals surface area (Å²) in [5, 5.41) is 0. The molecule has 0 saturated heterocycles. The van der Waals surface area contributed by atoms with Gasteiger partial charge in [-0.25, -0.2) is 4.98 Å². The van der Waals surface area contributed by atoms with E-state index < -0.39 is 11.7 Å². The number of nitrogens with zero attached hydrogens (tertiary/aromatic N) is 2. The zero-order chi connectivity index (χ0) is 20.4. The molecule has 0 saturated carbocycles. The molecule has 0 spiro atoms. The molecule has 4 rings (SSSR count). The van der Waals surface area contributed by atoms with Gasteiger partial charge in [-0.05, 0) is 18.2 Å². The van der Waals surface area contributed by atoms with Crippen molar-refractivity contribution in [1.29, 1.82) is 0 Å². The quantitative estimate of drug-likeness (QED) is 0.412. The molecular weight excluding hydrogens is 377 g/mol. The topological polar surface area (TPSA) is 34.9 Å². The first-order valence-electron chi connectivity index (χ1n) is 8.86.